The number of nitrogens with zero attached hydrogens (tertiary/aromatic N) is 1. The third-order valence-electron chi connectivity index (χ3n) is 4.29. The molecule has 0 aliphatic carbocycles. The van der Waals surface area contributed by atoms with Crippen molar-refractivity contribution in [2.45, 2.75) is 25.9 Å². The van der Waals surface area contributed by atoms with Gasteiger partial charge in [0.25, 0.3) is 0 Å². The molecule has 22 heavy (non-hydrogen) atoms. The monoisotopic (exact) mass is 316 g/mol. The van der Waals surface area contributed by atoms with E-state index >= 15 is 0 Å². The highest BCUT2D eigenvalue weighted by Crippen LogP contribution is 2.45. The average Bonchev–Trinajstić information content (AvgIpc) is 3.02. The van der Waals surface area contributed by atoms with Gasteiger partial charge in [-0.1, -0.05) is 6.07 Å². The Morgan fingerprint density at radius 1 is 1.23 bits per heavy atom. The van der Waals surface area contributed by atoms with Crippen molar-refractivity contribution >= 4 is 22.7 Å². The van der Waals surface area contributed by atoms with Crippen LogP contribution in [0.4, 0.5) is 11.4 Å². The van der Waals surface area contributed by atoms with E-state index in [2.05, 4.69) is 53.7 Å². The van der Waals surface area contributed by atoms with Crippen LogP contribution in [0.2, 0.25) is 0 Å². The molecule has 2 aliphatic rings. The predicted molar refractivity (Wildman–Crippen MR) is 90.5 cm³/mol. The smallest absolute Gasteiger partial charge is 0.163 e. The second-order valence-electron chi connectivity index (χ2n) is 6.34. The number of nitrogens with one attached hydrogen (secondary N) is 1. The van der Waals surface area contributed by atoms with Crippen LogP contribution in [-0.2, 0) is 6.54 Å². The van der Waals surface area contributed by atoms with Crippen molar-refractivity contribution in [3.63, 3.8) is 0 Å². The molecule has 116 valence electrons. The highest BCUT2D eigenvalue weighted by molar-refractivity contribution is 7.09. The third-order valence-corrected chi connectivity index (χ3v) is 5.15. The summed E-state index contributed by atoms with van der Waals surface area (Å²) in [5, 5.41) is 5.67. The minimum Gasteiger partial charge on any atom is -0.486 e. The van der Waals surface area contributed by atoms with E-state index < -0.39 is 0 Å². The number of rotatable bonds is 2. The van der Waals surface area contributed by atoms with E-state index in [1.54, 1.807) is 11.3 Å². The summed E-state index contributed by atoms with van der Waals surface area (Å²) in [6.45, 7) is 7.61. The first kappa shape index (κ1) is 13.8. The van der Waals surface area contributed by atoms with Crippen LogP contribution in [-0.4, -0.2) is 25.3 Å². The average molecular weight is 316 g/mol. The molecule has 0 saturated heterocycles. The molecular formula is C17H20N2O2S. The van der Waals surface area contributed by atoms with Gasteiger partial charge in [0.05, 0.1) is 23.5 Å². The molecule has 0 bridgehead atoms. The molecule has 4 nitrogen and oxygen atoms in total. The SMILES string of the molecule is CC1(C)CNc2cc3c(cc2N1Cc1cccs1)OCCO3. The maximum Gasteiger partial charge on any atom is 0.163 e. The largest absolute Gasteiger partial charge is 0.486 e. The normalized spacial score (nSPS) is 18.5. The molecule has 2 aliphatic heterocycles. The summed E-state index contributed by atoms with van der Waals surface area (Å²) < 4.78 is 11.5. The zero-order chi connectivity index (χ0) is 15.2. The lowest BCUT2D eigenvalue weighted by Gasteiger charge is -2.45. The van der Waals surface area contributed by atoms with Gasteiger partial charge in [0.2, 0.25) is 0 Å². The first-order chi connectivity index (χ1) is 10.6. The molecule has 0 atom stereocenters. The van der Waals surface area contributed by atoms with Crippen molar-refractivity contribution in [1.29, 1.82) is 0 Å². The maximum atomic E-state index is 5.76. The molecule has 0 radical (unpaired) electrons. The fourth-order valence-corrected chi connectivity index (χ4v) is 3.73. The lowest BCUT2D eigenvalue weighted by atomic mass is 9.97. The van der Waals surface area contributed by atoms with Crippen LogP contribution in [0.5, 0.6) is 11.5 Å². The van der Waals surface area contributed by atoms with Gasteiger partial charge in [-0.3, -0.25) is 0 Å². The number of hydrogen-bond acceptors (Lipinski definition) is 5. The standard InChI is InChI=1S/C17H20N2O2S/c1-17(2)11-18-13-8-15-16(21-6-5-20-15)9-14(13)19(17)10-12-4-3-7-22-12/h3-4,7-9,18H,5-6,10-11H2,1-2H3. The van der Waals surface area contributed by atoms with Gasteiger partial charge in [0.15, 0.2) is 11.5 Å². The predicted octanol–water partition coefficient (Wildman–Crippen LogP) is 3.73. The lowest BCUT2D eigenvalue weighted by molar-refractivity contribution is 0.171. The van der Waals surface area contributed by atoms with E-state index in [-0.39, 0.29) is 5.54 Å². The van der Waals surface area contributed by atoms with Crippen LogP contribution < -0.4 is 19.7 Å². The number of fused-ring (bicyclic) bond motifs is 2. The van der Waals surface area contributed by atoms with Gasteiger partial charge in [-0.05, 0) is 25.3 Å². The number of ether oxygens (including phenoxy) is 2. The minimum atomic E-state index is 0.0424. The van der Waals surface area contributed by atoms with Crippen LogP contribution in [0.25, 0.3) is 0 Å². The van der Waals surface area contributed by atoms with Gasteiger partial charge in [-0.2, -0.15) is 0 Å². The third kappa shape index (κ3) is 2.29. The van der Waals surface area contributed by atoms with Gasteiger partial charge in [0.1, 0.15) is 13.2 Å². The molecule has 2 aromatic rings. The quantitative estimate of drug-likeness (QED) is 0.915. The number of benzene rings is 1. The number of thiophene rings is 1. The van der Waals surface area contributed by atoms with Crippen LogP contribution in [0.3, 0.4) is 0 Å². The molecule has 0 fully saturated rings. The summed E-state index contributed by atoms with van der Waals surface area (Å²) in [5.74, 6) is 1.69. The van der Waals surface area contributed by atoms with Gasteiger partial charge in [-0.25, -0.2) is 0 Å². The summed E-state index contributed by atoms with van der Waals surface area (Å²) >= 11 is 1.80. The van der Waals surface area contributed by atoms with Crippen molar-refractivity contribution in [2.24, 2.45) is 0 Å². The second-order valence-corrected chi connectivity index (χ2v) is 7.38. The highest BCUT2D eigenvalue weighted by atomic mass is 32.1. The summed E-state index contributed by atoms with van der Waals surface area (Å²) in [4.78, 5) is 3.83. The van der Waals surface area contributed by atoms with E-state index in [9.17, 15) is 0 Å². The Labute approximate surface area is 134 Å². The van der Waals surface area contributed by atoms with Crippen LogP contribution in [0.15, 0.2) is 29.6 Å². The first-order valence-corrected chi connectivity index (χ1v) is 8.49. The maximum absolute atomic E-state index is 5.76. The summed E-state index contributed by atoms with van der Waals surface area (Å²) in [5.41, 5.74) is 2.36. The Kier molecular flexibility index (Phi) is 3.18. The van der Waals surface area contributed by atoms with E-state index in [4.69, 9.17) is 9.47 Å². The Morgan fingerprint density at radius 2 is 2.00 bits per heavy atom. The van der Waals surface area contributed by atoms with E-state index in [1.165, 1.54) is 10.6 Å². The Morgan fingerprint density at radius 3 is 2.73 bits per heavy atom. The summed E-state index contributed by atoms with van der Waals surface area (Å²) in [6, 6.07) is 8.49. The molecule has 4 rings (SSSR count). The summed E-state index contributed by atoms with van der Waals surface area (Å²) in [7, 11) is 0. The van der Waals surface area contributed by atoms with Crippen molar-refractivity contribution < 1.29 is 9.47 Å². The van der Waals surface area contributed by atoms with Crippen molar-refractivity contribution in [3.05, 3.63) is 34.5 Å². The first-order valence-electron chi connectivity index (χ1n) is 7.61. The van der Waals surface area contributed by atoms with Crippen LogP contribution in [0.1, 0.15) is 18.7 Å². The van der Waals surface area contributed by atoms with Crippen molar-refractivity contribution in [1.82, 2.24) is 0 Å². The zero-order valence-electron chi connectivity index (χ0n) is 12.9. The molecule has 1 aromatic carbocycles. The summed E-state index contributed by atoms with van der Waals surface area (Å²) in [6.07, 6.45) is 0. The lowest BCUT2D eigenvalue weighted by Crippen LogP contribution is -2.51. The van der Waals surface area contributed by atoms with Crippen molar-refractivity contribution in [3.8, 4) is 11.5 Å². The fraction of sp³-hybridized carbons (Fsp3) is 0.412. The second kappa shape index (κ2) is 5.09. The van der Waals surface area contributed by atoms with E-state index in [0.717, 1.165) is 30.3 Å². The number of anilines is 2. The van der Waals surface area contributed by atoms with E-state index in [1.807, 2.05) is 0 Å². The van der Waals surface area contributed by atoms with Crippen LogP contribution >= 0.6 is 11.3 Å². The van der Waals surface area contributed by atoms with Gasteiger partial charge < -0.3 is 19.7 Å². The molecule has 0 amide bonds. The van der Waals surface area contributed by atoms with Crippen LogP contribution in [0, 0.1) is 0 Å². The van der Waals surface area contributed by atoms with E-state index in [0.29, 0.717) is 13.2 Å². The molecule has 0 saturated carbocycles. The van der Waals surface area contributed by atoms with Gasteiger partial charge in [0, 0.05) is 23.6 Å². The Bertz CT molecular complexity index is 682. The highest BCUT2D eigenvalue weighted by Gasteiger charge is 2.34. The van der Waals surface area contributed by atoms with Crippen molar-refractivity contribution in [2.75, 3.05) is 30.0 Å². The number of hydrogen-bond donors (Lipinski definition) is 1. The molecular weight excluding hydrogens is 296 g/mol. The fourth-order valence-electron chi connectivity index (χ4n) is 3.03. The van der Waals surface area contributed by atoms with Gasteiger partial charge >= 0.3 is 0 Å². The molecule has 0 unspecified atom stereocenters. The zero-order valence-corrected chi connectivity index (χ0v) is 13.7. The topological polar surface area (TPSA) is 33.7 Å². The molecule has 3 heterocycles. The Balaban J connectivity index is 1.76. The molecule has 0 spiro atoms. The minimum absolute atomic E-state index is 0.0424. The van der Waals surface area contributed by atoms with Gasteiger partial charge in [-0.15, -0.1) is 11.3 Å². The molecule has 5 heteroatoms. The molecule has 1 N–H and O–H groups in total. The Hall–Kier alpha value is -1.88. The molecule has 1 aromatic heterocycles.